The Hall–Kier alpha value is -2.60. The summed E-state index contributed by atoms with van der Waals surface area (Å²) in [6.45, 7) is 1.90. The highest BCUT2D eigenvalue weighted by atomic mass is 35.5. The second kappa shape index (κ2) is 7.79. The second-order valence-corrected chi connectivity index (χ2v) is 5.36. The minimum Gasteiger partial charge on any atom is -0.493 e. The molecule has 0 unspecified atom stereocenters. The van der Waals surface area contributed by atoms with Crippen LogP contribution < -0.4 is 25.1 Å². The summed E-state index contributed by atoms with van der Waals surface area (Å²) in [7, 11) is 4.49. The number of hydrazine groups is 1. The molecule has 7 heteroatoms. The Balaban J connectivity index is 2.18. The number of aryl methyl sites for hydroxylation is 1. The van der Waals surface area contributed by atoms with Crippen molar-refractivity contribution >= 4 is 23.2 Å². The van der Waals surface area contributed by atoms with Crippen LogP contribution in [-0.2, 0) is 0 Å². The Morgan fingerprint density at radius 1 is 1.00 bits per heavy atom. The largest absolute Gasteiger partial charge is 0.493 e. The fourth-order valence-corrected chi connectivity index (χ4v) is 2.26. The number of carbonyl (C=O) groups excluding carboxylic acids is 1. The van der Waals surface area contributed by atoms with Gasteiger partial charge < -0.3 is 14.2 Å². The van der Waals surface area contributed by atoms with E-state index in [-0.39, 0.29) is 5.91 Å². The number of hydrogen-bond donors (Lipinski definition) is 2. The van der Waals surface area contributed by atoms with Gasteiger partial charge in [0.15, 0.2) is 11.5 Å². The lowest BCUT2D eigenvalue weighted by Gasteiger charge is -2.14. The van der Waals surface area contributed by atoms with Gasteiger partial charge in [-0.3, -0.25) is 15.6 Å². The van der Waals surface area contributed by atoms with E-state index >= 15 is 0 Å². The standard InChI is InChI=1S/C17H19ClN2O4/c1-10-5-6-12(9-13(10)18)19-20-17(21)11-7-14(22-2)16(24-4)15(8-11)23-3/h5-9,19H,1-4H3,(H,20,21). The van der Waals surface area contributed by atoms with E-state index in [0.717, 1.165) is 5.56 Å². The maximum atomic E-state index is 12.3. The van der Waals surface area contributed by atoms with E-state index in [9.17, 15) is 4.79 Å². The Morgan fingerprint density at radius 3 is 2.12 bits per heavy atom. The van der Waals surface area contributed by atoms with E-state index in [2.05, 4.69) is 10.9 Å². The molecule has 0 radical (unpaired) electrons. The number of amides is 1. The van der Waals surface area contributed by atoms with Crippen LogP contribution in [-0.4, -0.2) is 27.2 Å². The van der Waals surface area contributed by atoms with Crippen LogP contribution in [0.15, 0.2) is 30.3 Å². The van der Waals surface area contributed by atoms with Crippen molar-refractivity contribution in [2.24, 2.45) is 0 Å². The highest BCUT2D eigenvalue weighted by Gasteiger charge is 2.16. The quantitative estimate of drug-likeness (QED) is 0.781. The Bertz CT molecular complexity index is 724. The van der Waals surface area contributed by atoms with Gasteiger partial charge in [-0.15, -0.1) is 0 Å². The van der Waals surface area contributed by atoms with E-state index in [1.54, 1.807) is 18.2 Å². The summed E-state index contributed by atoms with van der Waals surface area (Å²) < 4.78 is 15.7. The lowest BCUT2D eigenvalue weighted by molar-refractivity contribution is 0.0962. The molecule has 0 aromatic heterocycles. The highest BCUT2D eigenvalue weighted by Crippen LogP contribution is 2.38. The molecule has 2 aromatic carbocycles. The summed E-state index contributed by atoms with van der Waals surface area (Å²) in [5.74, 6) is 0.876. The van der Waals surface area contributed by atoms with Crippen molar-refractivity contribution in [1.29, 1.82) is 0 Å². The smallest absolute Gasteiger partial charge is 0.269 e. The number of carbonyl (C=O) groups is 1. The Labute approximate surface area is 145 Å². The molecule has 1 amide bonds. The van der Waals surface area contributed by atoms with Crippen molar-refractivity contribution in [1.82, 2.24) is 5.43 Å². The summed E-state index contributed by atoms with van der Waals surface area (Å²) in [6.07, 6.45) is 0. The number of hydrogen-bond acceptors (Lipinski definition) is 5. The molecule has 0 fully saturated rings. The maximum Gasteiger partial charge on any atom is 0.269 e. The fourth-order valence-electron chi connectivity index (χ4n) is 2.08. The summed E-state index contributed by atoms with van der Waals surface area (Å²) in [4.78, 5) is 12.3. The van der Waals surface area contributed by atoms with E-state index in [1.807, 2.05) is 19.1 Å². The molecule has 2 aromatic rings. The van der Waals surface area contributed by atoms with Crippen molar-refractivity contribution in [3.8, 4) is 17.2 Å². The van der Waals surface area contributed by atoms with Crippen molar-refractivity contribution < 1.29 is 19.0 Å². The monoisotopic (exact) mass is 350 g/mol. The molecule has 0 bridgehead atoms. The number of halogens is 1. The zero-order valence-electron chi connectivity index (χ0n) is 13.9. The molecule has 24 heavy (non-hydrogen) atoms. The van der Waals surface area contributed by atoms with Crippen molar-refractivity contribution in [3.05, 3.63) is 46.5 Å². The third kappa shape index (κ3) is 3.83. The molecule has 0 saturated heterocycles. The van der Waals surface area contributed by atoms with Crippen LogP contribution in [0, 0.1) is 6.92 Å². The molecule has 0 aliphatic carbocycles. The predicted molar refractivity (Wildman–Crippen MR) is 93.4 cm³/mol. The lowest BCUT2D eigenvalue weighted by Crippen LogP contribution is -2.29. The molecular weight excluding hydrogens is 332 g/mol. The first-order valence-electron chi connectivity index (χ1n) is 7.12. The molecule has 128 valence electrons. The molecular formula is C17H19ClN2O4. The van der Waals surface area contributed by atoms with Crippen molar-refractivity contribution in [2.45, 2.75) is 6.92 Å². The SMILES string of the molecule is COc1cc(C(=O)NNc2ccc(C)c(Cl)c2)cc(OC)c1OC. The Morgan fingerprint density at radius 2 is 1.62 bits per heavy atom. The predicted octanol–water partition coefficient (Wildman–Crippen LogP) is 3.43. The first-order valence-corrected chi connectivity index (χ1v) is 7.50. The van der Waals surface area contributed by atoms with Gasteiger partial charge in [-0.2, -0.15) is 0 Å². The molecule has 0 aliphatic rings. The first-order chi connectivity index (χ1) is 11.5. The summed E-state index contributed by atoms with van der Waals surface area (Å²) in [5.41, 5.74) is 7.41. The van der Waals surface area contributed by atoms with Gasteiger partial charge in [-0.05, 0) is 36.8 Å². The third-order valence-corrected chi connectivity index (χ3v) is 3.83. The molecule has 0 atom stereocenters. The third-order valence-electron chi connectivity index (χ3n) is 3.42. The average molecular weight is 351 g/mol. The van der Waals surface area contributed by atoms with Crippen LogP contribution in [0.1, 0.15) is 15.9 Å². The zero-order chi connectivity index (χ0) is 17.7. The van der Waals surface area contributed by atoms with E-state index in [1.165, 1.54) is 21.3 Å². The molecule has 0 heterocycles. The molecule has 6 nitrogen and oxygen atoms in total. The van der Waals surface area contributed by atoms with Gasteiger partial charge in [0.2, 0.25) is 5.75 Å². The Kier molecular flexibility index (Phi) is 5.76. The number of nitrogens with one attached hydrogen (secondary N) is 2. The maximum absolute atomic E-state index is 12.3. The van der Waals surface area contributed by atoms with E-state index < -0.39 is 0 Å². The van der Waals surface area contributed by atoms with Crippen LogP contribution in [0.25, 0.3) is 0 Å². The zero-order valence-corrected chi connectivity index (χ0v) is 14.7. The topological polar surface area (TPSA) is 68.8 Å². The van der Waals surface area contributed by atoms with E-state index in [0.29, 0.717) is 33.5 Å². The minimum absolute atomic E-state index is 0.356. The summed E-state index contributed by atoms with van der Waals surface area (Å²) in [5, 5.41) is 0.613. The molecule has 0 aliphatic heterocycles. The van der Waals surface area contributed by atoms with E-state index in [4.69, 9.17) is 25.8 Å². The highest BCUT2D eigenvalue weighted by molar-refractivity contribution is 6.31. The normalized spacial score (nSPS) is 10.0. The average Bonchev–Trinajstić information content (AvgIpc) is 2.60. The molecule has 2 rings (SSSR count). The summed E-state index contributed by atoms with van der Waals surface area (Å²) in [6, 6.07) is 8.54. The van der Waals surface area contributed by atoms with Gasteiger partial charge in [-0.25, -0.2) is 0 Å². The van der Waals surface area contributed by atoms with Gasteiger partial charge in [0.25, 0.3) is 5.91 Å². The van der Waals surface area contributed by atoms with Gasteiger partial charge >= 0.3 is 0 Å². The molecule has 0 spiro atoms. The van der Waals surface area contributed by atoms with Gasteiger partial charge in [-0.1, -0.05) is 17.7 Å². The van der Waals surface area contributed by atoms with Crippen LogP contribution in [0.2, 0.25) is 5.02 Å². The number of anilines is 1. The van der Waals surface area contributed by atoms with Gasteiger partial charge in [0.1, 0.15) is 0 Å². The minimum atomic E-state index is -0.356. The lowest BCUT2D eigenvalue weighted by atomic mass is 10.1. The fraction of sp³-hybridized carbons (Fsp3) is 0.235. The van der Waals surface area contributed by atoms with Crippen LogP contribution in [0.4, 0.5) is 5.69 Å². The van der Waals surface area contributed by atoms with Crippen LogP contribution in [0.5, 0.6) is 17.2 Å². The van der Waals surface area contributed by atoms with Crippen LogP contribution >= 0.6 is 11.6 Å². The number of benzene rings is 2. The number of ether oxygens (including phenoxy) is 3. The summed E-state index contributed by atoms with van der Waals surface area (Å²) >= 11 is 6.06. The first kappa shape index (κ1) is 17.7. The van der Waals surface area contributed by atoms with Crippen molar-refractivity contribution in [2.75, 3.05) is 26.8 Å². The van der Waals surface area contributed by atoms with Gasteiger partial charge in [0.05, 0.1) is 27.0 Å². The second-order valence-electron chi connectivity index (χ2n) is 4.96. The van der Waals surface area contributed by atoms with Crippen molar-refractivity contribution in [3.63, 3.8) is 0 Å². The molecule has 0 saturated carbocycles. The number of rotatable bonds is 6. The number of methoxy groups -OCH3 is 3. The van der Waals surface area contributed by atoms with Gasteiger partial charge in [0, 0.05) is 10.6 Å². The molecule has 2 N–H and O–H groups in total. The van der Waals surface area contributed by atoms with Crippen LogP contribution in [0.3, 0.4) is 0 Å².